The number of nitrogens with one attached hydrogen (secondary N) is 2. The van der Waals surface area contributed by atoms with Gasteiger partial charge >= 0.3 is 0 Å². The van der Waals surface area contributed by atoms with Gasteiger partial charge in [0.2, 0.25) is 0 Å². The van der Waals surface area contributed by atoms with Crippen LogP contribution in [0.25, 0.3) is 0 Å². The maximum atomic E-state index is 9.89. The van der Waals surface area contributed by atoms with E-state index in [2.05, 4.69) is 65.2 Å². The molecule has 108 valence electrons. The highest BCUT2D eigenvalue weighted by atomic mass is 16.3. The van der Waals surface area contributed by atoms with E-state index >= 15 is 0 Å². The van der Waals surface area contributed by atoms with Crippen molar-refractivity contribution in [1.82, 2.24) is 5.32 Å². The Labute approximate surface area is 125 Å². The Morgan fingerprint density at radius 3 is 2.62 bits per heavy atom. The average molecular weight is 280 g/mol. The first-order chi connectivity index (χ1) is 10.4. The van der Waals surface area contributed by atoms with Gasteiger partial charge in [-0.3, -0.25) is 0 Å². The molecule has 1 fully saturated rings. The van der Waals surface area contributed by atoms with Gasteiger partial charge in [0.15, 0.2) is 0 Å². The van der Waals surface area contributed by atoms with Crippen molar-refractivity contribution in [3.05, 3.63) is 65.7 Å². The fourth-order valence-electron chi connectivity index (χ4n) is 4.19. The number of para-hydroxylation sites is 1. The molecule has 1 spiro atoms. The van der Waals surface area contributed by atoms with E-state index in [4.69, 9.17) is 0 Å². The minimum Gasteiger partial charge on any atom is -0.395 e. The maximum Gasteiger partial charge on any atom is 0.0627 e. The summed E-state index contributed by atoms with van der Waals surface area (Å²) in [4.78, 5) is 0. The van der Waals surface area contributed by atoms with Crippen LogP contribution < -0.4 is 10.6 Å². The van der Waals surface area contributed by atoms with E-state index < -0.39 is 0 Å². The monoisotopic (exact) mass is 280 g/mol. The highest BCUT2D eigenvalue weighted by Crippen LogP contribution is 2.54. The van der Waals surface area contributed by atoms with Gasteiger partial charge in [0.25, 0.3) is 0 Å². The standard InChI is InChI=1S/C18H20N2O/c21-12-16-18(10-11-19-16)14-8-4-5-9-15(14)20-17(18)13-6-2-1-3-7-13/h1-9,16-17,19-21H,10-12H2/t16-,17+,18-/m0/s1. The van der Waals surface area contributed by atoms with Crippen LogP contribution in [0.1, 0.15) is 23.6 Å². The molecule has 2 aromatic rings. The van der Waals surface area contributed by atoms with Gasteiger partial charge < -0.3 is 15.7 Å². The van der Waals surface area contributed by atoms with Crippen molar-refractivity contribution in [1.29, 1.82) is 0 Å². The van der Waals surface area contributed by atoms with Gasteiger partial charge in [0.05, 0.1) is 12.6 Å². The Morgan fingerprint density at radius 2 is 1.81 bits per heavy atom. The molecule has 2 heterocycles. The van der Waals surface area contributed by atoms with Crippen molar-refractivity contribution < 1.29 is 5.11 Å². The molecule has 2 aliphatic rings. The van der Waals surface area contributed by atoms with Gasteiger partial charge in [-0.2, -0.15) is 0 Å². The Balaban J connectivity index is 1.89. The number of hydrogen-bond donors (Lipinski definition) is 3. The molecule has 3 atom stereocenters. The molecule has 0 aliphatic carbocycles. The lowest BCUT2D eigenvalue weighted by molar-refractivity contribution is 0.199. The second-order valence-corrected chi connectivity index (χ2v) is 6.01. The van der Waals surface area contributed by atoms with Gasteiger partial charge in [-0.1, -0.05) is 48.5 Å². The summed E-state index contributed by atoms with van der Waals surface area (Å²) in [5, 5.41) is 17.1. The SMILES string of the molecule is OC[C@@H]1NCC[C@]12c1ccccc1N[C@@H]2c1ccccc1. The number of rotatable bonds is 2. The summed E-state index contributed by atoms with van der Waals surface area (Å²) in [7, 11) is 0. The number of anilines is 1. The molecule has 0 unspecified atom stereocenters. The molecule has 21 heavy (non-hydrogen) atoms. The molecule has 3 nitrogen and oxygen atoms in total. The zero-order valence-electron chi connectivity index (χ0n) is 11.9. The van der Waals surface area contributed by atoms with E-state index in [1.807, 2.05) is 0 Å². The molecule has 0 bridgehead atoms. The Hall–Kier alpha value is -1.84. The number of aliphatic hydroxyl groups is 1. The molecular formula is C18H20N2O. The molecular weight excluding hydrogens is 260 g/mol. The largest absolute Gasteiger partial charge is 0.395 e. The third kappa shape index (κ3) is 1.74. The van der Waals surface area contributed by atoms with Gasteiger partial charge in [0.1, 0.15) is 0 Å². The Morgan fingerprint density at radius 1 is 1.05 bits per heavy atom. The van der Waals surface area contributed by atoms with Crippen molar-refractivity contribution in [3.8, 4) is 0 Å². The van der Waals surface area contributed by atoms with Crippen LogP contribution in [0, 0.1) is 0 Å². The Kier molecular flexibility index (Phi) is 2.98. The molecule has 2 aromatic carbocycles. The topological polar surface area (TPSA) is 44.3 Å². The summed E-state index contributed by atoms with van der Waals surface area (Å²) in [6.07, 6.45) is 1.04. The zero-order valence-corrected chi connectivity index (χ0v) is 11.9. The van der Waals surface area contributed by atoms with Crippen LogP contribution >= 0.6 is 0 Å². The van der Waals surface area contributed by atoms with Crippen molar-refractivity contribution in [2.45, 2.75) is 23.9 Å². The normalized spacial score (nSPS) is 30.3. The average Bonchev–Trinajstić information content (AvgIpc) is 3.12. The second-order valence-electron chi connectivity index (χ2n) is 6.01. The summed E-state index contributed by atoms with van der Waals surface area (Å²) in [6.45, 7) is 1.12. The van der Waals surface area contributed by atoms with Gasteiger partial charge in [0, 0.05) is 17.1 Å². The minimum absolute atomic E-state index is 0.0628. The van der Waals surface area contributed by atoms with Crippen LogP contribution in [0.4, 0.5) is 5.69 Å². The highest BCUT2D eigenvalue weighted by molar-refractivity contribution is 5.65. The summed E-state index contributed by atoms with van der Waals surface area (Å²) in [6, 6.07) is 19.4. The van der Waals surface area contributed by atoms with E-state index in [1.54, 1.807) is 0 Å². The molecule has 0 aromatic heterocycles. The summed E-state index contributed by atoms with van der Waals surface area (Å²) >= 11 is 0. The predicted octanol–water partition coefficient (Wildman–Crippen LogP) is 2.45. The third-order valence-corrected chi connectivity index (χ3v) is 5.11. The number of benzene rings is 2. The second kappa shape index (κ2) is 4.86. The van der Waals surface area contributed by atoms with Gasteiger partial charge in [-0.15, -0.1) is 0 Å². The van der Waals surface area contributed by atoms with E-state index in [0.717, 1.165) is 13.0 Å². The van der Waals surface area contributed by atoms with Crippen LogP contribution in [0.5, 0.6) is 0 Å². The molecule has 4 rings (SSSR count). The predicted molar refractivity (Wildman–Crippen MR) is 84.4 cm³/mol. The molecule has 1 saturated heterocycles. The molecule has 3 N–H and O–H groups in total. The lowest BCUT2D eigenvalue weighted by Crippen LogP contribution is -2.46. The third-order valence-electron chi connectivity index (χ3n) is 5.11. The molecule has 0 amide bonds. The number of hydrogen-bond acceptors (Lipinski definition) is 3. The molecule has 2 aliphatic heterocycles. The van der Waals surface area contributed by atoms with Crippen LogP contribution in [0.2, 0.25) is 0 Å². The lowest BCUT2D eigenvalue weighted by Gasteiger charge is -2.36. The van der Waals surface area contributed by atoms with Crippen molar-refractivity contribution in [3.63, 3.8) is 0 Å². The first-order valence-electron chi connectivity index (χ1n) is 7.61. The molecule has 3 heteroatoms. The highest BCUT2D eigenvalue weighted by Gasteiger charge is 2.54. The van der Waals surface area contributed by atoms with E-state index in [-0.39, 0.29) is 24.1 Å². The maximum absolute atomic E-state index is 9.89. The molecule has 0 saturated carbocycles. The van der Waals surface area contributed by atoms with E-state index in [0.29, 0.717) is 0 Å². The first kappa shape index (κ1) is 12.9. The fraction of sp³-hybridized carbons (Fsp3) is 0.333. The van der Waals surface area contributed by atoms with Crippen LogP contribution in [0.3, 0.4) is 0 Å². The van der Waals surface area contributed by atoms with Crippen molar-refractivity contribution in [2.24, 2.45) is 0 Å². The van der Waals surface area contributed by atoms with E-state index in [1.165, 1.54) is 16.8 Å². The number of aliphatic hydroxyl groups excluding tert-OH is 1. The van der Waals surface area contributed by atoms with Crippen molar-refractivity contribution >= 4 is 5.69 Å². The van der Waals surface area contributed by atoms with Crippen LogP contribution in [-0.4, -0.2) is 24.3 Å². The zero-order chi connectivity index (χ0) is 14.3. The van der Waals surface area contributed by atoms with Gasteiger partial charge in [-0.05, 0) is 30.2 Å². The van der Waals surface area contributed by atoms with E-state index in [9.17, 15) is 5.11 Å². The Bertz CT molecular complexity index is 643. The lowest BCUT2D eigenvalue weighted by atomic mass is 9.69. The quantitative estimate of drug-likeness (QED) is 0.792. The summed E-state index contributed by atoms with van der Waals surface area (Å²) < 4.78 is 0. The number of fused-ring (bicyclic) bond motifs is 2. The first-order valence-corrected chi connectivity index (χ1v) is 7.61. The summed E-state index contributed by atoms with van der Waals surface area (Å²) in [5.41, 5.74) is 3.76. The molecule has 0 radical (unpaired) electrons. The van der Waals surface area contributed by atoms with Crippen LogP contribution in [0.15, 0.2) is 54.6 Å². The summed E-state index contributed by atoms with van der Waals surface area (Å²) in [5.74, 6) is 0. The fourth-order valence-corrected chi connectivity index (χ4v) is 4.19. The minimum atomic E-state index is -0.0628. The smallest absolute Gasteiger partial charge is 0.0627 e. The van der Waals surface area contributed by atoms with Crippen LogP contribution in [-0.2, 0) is 5.41 Å². The van der Waals surface area contributed by atoms with Crippen molar-refractivity contribution in [2.75, 3.05) is 18.5 Å². The van der Waals surface area contributed by atoms with Gasteiger partial charge in [-0.25, -0.2) is 0 Å².